The van der Waals surface area contributed by atoms with Crippen LogP contribution in [0.3, 0.4) is 0 Å². The molecule has 2 aromatic carbocycles. The standard InChI is InChI=1S/C18H22N2O4S/c1-14-6-4-7-15(10-14)12-19-18(21)13-20(25(3,22)23)16-8-5-9-17(11-16)24-2/h4-11H,12-13H2,1-3H3,(H,19,21). The Kier molecular flexibility index (Phi) is 6.03. The van der Waals surface area contributed by atoms with Gasteiger partial charge in [0.1, 0.15) is 12.3 Å². The van der Waals surface area contributed by atoms with Gasteiger partial charge in [0.25, 0.3) is 0 Å². The number of carbonyl (C=O) groups excluding carboxylic acids is 1. The second kappa shape index (κ2) is 8.02. The molecule has 0 saturated heterocycles. The number of anilines is 1. The van der Waals surface area contributed by atoms with Crippen molar-refractivity contribution >= 4 is 21.6 Å². The Hall–Kier alpha value is -2.54. The normalized spacial score (nSPS) is 11.0. The highest BCUT2D eigenvalue weighted by molar-refractivity contribution is 7.92. The molecule has 0 aliphatic heterocycles. The van der Waals surface area contributed by atoms with Crippen LogP contribution in [0.1, 0.15) is 11.1 Å². The lowest BCUT2D eigenvalue weighted by Crippen LogP contribution is -2.40. The predicted molar refractivity (Wildman–Crippen MR) is 98.2 cm³/mol. The van der Waals surface area contributed by atoms with Gasteiger partial charge in [-0.05, 0) is 24.6 Å². The number of methoxy groups -OCH3 is 1. The monoisotopic (exact) mass is 362 g/mol. The van der Waals surface area contributed by atoms with Crippen LogP contribution in [-0.4, -0.2) is 34.2 Å². The van der Waals surface area contributed by atoms with E-state index in [-0.39, 0.29) is 12.5 Å². The molecule has 2 aromatic rings. The summed E-state index contributed by atoms with van der Waals surface area (Å²) in [4.78, 5) is 12.2. The van der Waals surface area contributed by atoms with Crippen molar-refractivity contribution in [2.24, 2.45) is 0 Å². The maximum atomic E-state index is 12.2. The van der Waals surface area contributed by atoms with Crippen LogP contribution in [0.2, 0.25) is 0 Å². The second-order valence-electron chi connectivity index (χ2n) is 5.74. The molecular weight excluding hydrogens is 340 g/mol. The van der Waals surface area contributed by atoms with E-state index < -0.39 is 10.0 Å². The largest absolute Gasteiger partial charge is 0.497 e. The lowest BCUT2D eigenvalue weighted by molar-refractivity contribution is -0.119. The number of rotatable bonds is 7. The first kappa shape index (κ1) is 18.8. The van der Waals surface area contributed by atoms with E-state index in [0.29, 0.717) is 18.0 Å². The Morgan fingerprint density at radius 1 is 1.16 bits per heavy atom. The summed E-state index contributed by atoms with van der Waals surface area (Å²) in [6.07, 6.45) is 1.07. The number of nitrogens with one attached hydrogen (secondary N) is 1. The Balaban J connectivity index is 2.10. The molecule has 134 valence electrons. The van der Waals surface area contributed by atoms with Gasteiger partial charge in [0, 0.05) is 12.6 Å². The third-order valence-electron chi connectivity index (χ3n) is 3.60. The number of nitrogens with zero attached hydrogens (tertiary/aromatic N) is 1. The van der Waals surface area contributed by atoms with Gasteiger partial charge in [-0.25, -0.2) is 8.42 Å². The molecule has 0 aromatic heterocycles. The van der Waals surface area contributed by atoms with Gasteiger partial charge in [0.05, 0.1) is 19.1 Å². The highest BCUT2D eigenvalue weighted by atomic mass is 32.2. The van der Waals surface area contributed by atoms with E-state index in [0.717, 1.165) is 21.7 Å². The summed E-state index contributed by atoms with van der Waals surface area (Å²) < 4.78 is 30.4. The van der Waals surface area contributed by atoms with Gasteiger partial charge >= 0.3 is 0 Å². The first-order valence-corrected chi connectivity index (χ1v) is 9.58. The smallest absolute Gasteiger partial charge is 0.241 e. The maximum absolute atomic E-state index is 12.2. The fourth-order valence-electron chi connectivity index (χ4n) is 2.37. The molecule has 1 N–H and O–H groups in total. The topological polar surface area (TPSA) is 75.7 Å². The minimum atomic E-state index is -3.61. The molecule has 0 heterocycles. The van der Waals surface area contributed by atoms with Crippen LogP contribution in [0.25, 0.3) is 0 Å². The molecule has 2 rings (SSSR count). The van der Waals surface area contributed by atoms with Gasteiger partial charge in [0.2, 0.25) is 15.9 Å². The maximum Gasteiger partial charge on any atom is 0.241 e. The van der Waals surface area contributed by atoms with Crippen molar-refractivity contribution in [1.29, 1.82) is 0 Å². The van der Waals surface area contributed by atoms with Gasteiger partial charge in [-0.1, -0.05) is 35.9 Å². The number of aryl methyl sites for hydroxylation is 1. The number of sulfonamides is 1. The van der Waals surface area contributed by atoms with Crippen LogP contribution < -0.4 is 14.4 Å². The highest BCUT2D eigenvalue weighted by Gasteiger charge is 2.21. The summed E-state index contributed by atoms with van der Waals surface area (Å²) in [5.41, 5.74) is 2.44. The highest BCUT2D eigenvalue weighted by Crippen LogP contribution is 2.22. The summed E-state index contributed by atoms with van der Waals surface area (Å²) in [5.74, 6) is 0.140. The SMILES string of the molecule is COc1cccc(N(CC(=O)NCc2cccc(C)c2)S(C)(=O)=O)c1. The van der Waals surface area contributed by atoms with E-state index >= 15 is 0 Å². The zero-order valence-electron chi connectivity index (χ0n) is 14.5. The van der Waals surface area contributed by atoms with E-state index in [1.54, 1.807) is 24.3 Å². The fourth-order valence-corrected chi connectivity index (χ4v) is 3.22. The Morgan fingerprint density at radius 2 is 1.88 bits per heavy atom. The molecule has 0 aliphatic carbocycles. The van der Waals surface area contributed by atoms with E-state index in [9.17, 15) is 13.2 Å². The van der Waals surface area contributed by atoms with Gasteiger partial charge in [0.15, 0.2) is 0 Å². The molecule has 7 heteroatoms. The zero-order chi connectivity index (χ0) is 18.4. The van der Waals surface area contributed by atoms with Crippen LogP contribution in [0.15, 0.2) is 48.5 Å². The average Bonchev–Trinajstić information content (AvgIpc) is 2.57. The number of hydrogen-bond donors (Lipinski definition) is 1. The second-order valence-corrected chi connectivity index (χ2v) is 7.64. The number of carbonyl (C=O) groups is 1. The quantitative estimate of drug-likeness (QED) is 0.818. The van der Waals surface area contributed by atoms with Crippen molar-refractivity contribution in [3.8, 4) is 5.75 Å². The van der Waals surface area contributed by atoms with Crippen molar-refractivity contribution < 1.29 is 17.9 Å². The molecule has 0 unspecified atom stereocenters. The van der Waals surface area contributed by atoms with Crippen molar-refractivity contribution in [2.75, 3.05) is 24.2 Å². The molecule has 0 fully saturated rings. The lowest BCUT2D eigenvalue weighted by Gasteiger charge is -2.22. The molecule has 0 radical (unpaired) electrons. The van der Waals surface area contributed by atoms with Gasteiger partial charge in [-0.15, -0.1) is 0 Å². The third-order valence-corrected chi connectivity index (χ3v) is 4.74. The fraction of sp³-hybridized carbons (Fsp3) is 0.278. The Bertz CT molecular complexity index is 850. The van der Waals surface area contributed by atoms with Crippen LogP contribution in [0, 0.1) is 6.92 Å². The van der Waals surface area contributed by atoms with Crippen LogP contribution in [0.5, 0.6) is 5.75 Å². The number of ether oxygens (including phenoxy) is 1. The summed E-state index contributed by atoms with van der Waals surface area (Å²) >= 11 is 0. The number of amides is 1. The molecule has 0 saturated carbocycles. The first-order chi connectivity index (χ1) is 11.8. The predicted octanol–water partition coefficient (Wildman–Crippen LogP) is 2.09. The Morgan fingerprint density at radius 3 is 2.52 bits per heavy atom. The van der Waals surface area contributed by atoms with Crippen molar-refractivity contribution in [3.63, 3.8) is 0 Å². The summed E-state index contributed by atoms with van der Waals surface area (Å²) in [5, 5.41) is 2.75. The van der Waals surface area contributed by atoms with E-state index in [4.69, 9.17) is 4.74 Å². The summed E-state index contributed by atoms with van der Waals surface area (Å²) in [6, 6.07) is 14.3. The van der Waals surface area contributed by atoms with Gasteiger partial charge in [-0.2, -0.15) is 0 Å². The number of hydrogen-bond acceptors (Lipinski definition) is 4. The molecule has 6 nitrogen and oxygen atoms in total. The molecular formula is C18H22N2O4S. The summed E-state index contributed by atoms with van der Waals surface area (Å²) in [7, 11) is -2.11. The van der Waals surface area contributed by atoms with Gasteiger partial charge in [-0.3, -0.25) is 9.10 Å². The van der Waals surface area contributed by atoms with Crippen molar-refractivity contribution in [2.45, 2.75) is 13.5 Å². The van der Waals surface area contributed by atoms with Gasteiger partial charge < -0.3 is 10.1 Å². The molecule has 25 heavy (non-hydrogen) atoms. The third kappa shape index (κ3) is 5.49. The van der Waals surface area contributed by atoms with E-state index in [1.165, 1.54) is 7.11 Å². The zero-order valence-corrected chi connectivity index (χ0v) is 15.3. The molecule has 0 atom stereocenters. The molecule has 0 aliphatic rings. The lowest BCUT2D eigenvalue weighted by atomic mass is 10.1. The molecule has 0 bridgehead atoms. The summed E-state index contributed by atoms with van der Waals surface area (Å²) in [6.45, 7) is 2.02. The van der Waals surface area contributed by atoms with Crippen LogP contribution >= 0.6 is 0 Å². The van der Waals surface area contributed by atoms with Crippen LogP contribution in [-0.2, 0) is 21.4 Å². The first-order valence-electron chi connectivity index (χ1n) is 7.73. The minimum absolute atomic E-state index is 0.294. The average molecular weight is 362 g/mol. The minimum Gasteiger partial charge on any atom is -0.497 e. The molecule has 1 amide bonds. The Labute approximate surface area is 148 Å². The number of benzene rings is 2. The van der Waals surface area contributed by atoms with Crippen molar-refractivity contribution in [3.05, 3.63) is 59.7 Å². The van der Waals surface area contributed by atoms with Crippen molar-refractivity contribution in [1.82, 2.24) is 5.32 Å². The molecule has 0 spiro atoms. The van der Waals surface area contributed by atoms with E-state index in [2.05, 4.69) is 5.32 Å². The van der Waals surface area contributed by atoms with E-state index in [1.807, 2.05) is 31.2 Å². The van der Waals surface area contributed by atoms with Crippen LogP contribution in [0.4, 0.5) is 5.69 Å².